The molecule has 120 valence electrons. The lowest BCUT2D eigenvalue weighted by molar-refractivity contribution is -0.143. The van der Waals surface area contributed by atoms with Gasteiger partial charge in [-0.25, -0.2) is 4.79 Å². The van der Waals surface area contributed by atoms with Crippen molar-refractivity contribution in [2.45, 2.75) is 32.7 Å². The van der Waals surface area contributed by atoms with E-state index in [1.165, 1.54) is 6.92 Å². The summed E-state index contributed by atoms with van der Waals surface area (Å²) in [7, 11) is 0. The van der Waals surface area contributed by atoms with Crippen LogP contribution in [0.15, 0.2) is 48.5 Å². The summed E-state index contributed by atoms with van der Waals surface area (Å²) >= 11 is 0. The van der Waals surface area contributed by atoms with Crippen molar-refractivity contribution in [1.29, 1.82) is 0 Å². The molecule has 4 heteroatoms. The minimum Gasteiger partial charge on any atom is -0.480 e. The number of hydrogen-bond acceptors (Lipinski definition) is 2. The van der Waals surface area contributed by atoms with Crippen molar-refractivity contribution in [2.24, 2.45) is 0 Å². The van der Waals surface area contributed by atoms with Crippen molar-refractivity contribution >= 4 is 11.9 Å². The number of carboxylic acids is 1. The second-order valence-electron chi connectivity index (χ2n) is 5.84. The van der Waals surface area contributed by atoms with E-state index in [9.17, 15) is 14.7 Å². The fourth-order valence-electron chi connectivity index (χ4n) is 2.36. The van der Waals surface area contributed by atoms with Gasteiger partial charge >= 0.3 is 5.97 Å². The van der Waals surface area contributed by atoms with Crippen LogP contribution >= 0.6 is 0 Å². The van der Waals surface area contributed by atoms with Gasteiger partial charge < -0.3 is 10.4 Å². The van der Waals surface area contributed by atoms with E-state index in [-0.39, 0.29) is 5.91 Å². The molecule has 2 aromatic rings. The summed E-state index contributed by atoms with van der Waals surface area (Å²) < 4.78 is 0. The molecule has 1 unspecified atom stereocenters. The van der Waals surface area contributed by atoms with Crippen LogP contribution in [0.3, 0.4) is 0 Å². The third kappa shape index (κ3) is 3.59. The summed E-state index contributed by atoms with van der Waals surface area (Å²) in [6.45, 7) is 5.19. The van der Waals surface area contributed by atoms with Crippen LogP contribution in [0, 0.1) is 6.92 Å². The summed E-state index contributed by atoms with van der Waals surface area (Å²) in [6.07, 6.45) is 0.315. The summed E-state index contributed by atoms with van der Waals surface area (Å²) in [5, 5.41) is 11.9. The quantitative estimate of drug-likeness (QED) is 0.886. The number of amides is 1. The first-order valence-electron chi connectivity index (χ1n) is 7.59. The van der Waals surface area contributed by atoms with E-state index in [4.69, 9.17) is 0 Å². The van der Waals surface area contributed by atoms with Crippen LogP contribution in [0.1, 0.15) is 36.2 Å². The molecule has 2 N–H and O–H groups in total. The van der Waals surface area contributed by atoms with E-state index >= 15 is 0 Å². The molecule has 0 radical (unpaired) electrons. The van der Waals surface area contributed by atoms with Crippen LogP contribution in [0.5, 0.6) is 0 Å². The van der Waals surface area contributed by atoms with Gasteiger partial charge in [0.15, 0.2) is 0 Å². The van der Waals surface area contributed by atoms with Gasteiger partial charge in [-0.05, 0) is 49.1 Å². The lowest BCUT2D eigenvalue weighted by Crippen LogP contribution is -2.51. The van der Waals surface area contributed by atoms with Gasteiger partial charge in [0.25, 0.3) is 5.91 Å². The molecule has 0 saturated carbocycles. The number of rotatable bonds is 5. The van der Waals surface area contributed by atoms with Crippen molar-refractivity contribution in [2.75, 3.05) is 0 Å². The largest absolute Gasteiger partial charge is 0.480 e. The predicted molar refractivity (Wildman–Crippen MR) is 90.4 cm³/mol. The fourth-order valence-corrected chi connectivity index (χ4v) is 2.36. The monoisotopic (exact) mass is 311 g/mol. The maximum Gasteiger partial charge on any atom is 0.329 e. The number of aryl methyl sites for hydroxylation is 1. The molecule has 1 atom stereocenters. The zero-order chi connectivity index (χ0) is 17.0. The normalized spacial score (nSPS) is 13.2. The van der Waals surface area contributed by atoms with Crippen LogP contribution in [0.2, 0.25) is 0 Å². The number of nitrogens with one attached hydrogen (secondary N) is 1. The highest BCUT2D eigenvalue weighted by molar-refractivity contribution is 5.98. The van der Waals surface area contributed by atoms with E-state index in [1.807, 2.05) is 43.3 Å². The van der Waals surface area contributed by atoms with E-state index in [0.717, 1.165) is 16.7 Å². The van der Waals surface area contributed by atoms with E-state index in [0.29, 0.717) is 12.0 Å². The summed E-state index contributed by atoms with van der Waals surface area (Å²) in [5.74, 6) is -1.41. The Morgan fingerprint density at radius 1 is 1.13 bits per heavy atom. The van der Waals surface area contributed by atoms with E-state index in [2.05, 4.69) is 5.32 Å². The van der Waals surface area contributed by atoms with Gasteiger partial charge in [0.05, 0.1) is 0 Å². The highest BCUT2D eigenvalue weighted by atomic mass is 16.4. The smallest absolute Gasteiger partial charge is 0.329 e. The number of aliphatic carboxylic acids is 1. The van der Waals surface area contributed by atoms with Crippen LogP contribution in [-0.4, -0.2) is 22.5 Å². The Kier molecular flexibility index (Phi) is 4.84. The fraction of sp³-hybridized carbons (Fsp3) is 0.263. The molecule has 0 aliphatic carbocycles. The molecular formula is C19H21NO3. The standard InChI is InChI=1S/C19H21NO3/c1-4-19(3,18(22)23)20-17(21)15-10-11-16(13(2)12-15)14-8-6-5-7-9-14/h5-12H,4H2,1-3H3,(H,20,21)(H,22,23). The van der Waals surface area contributed by atoms with Gasteiger partial charge in [-0.15, -0.1) is 0 Å². The molecular weight excluding hydrogens is 290 g/mol. The lowest BCUT2D eigenvalue weighted by Gasteiger charge is -2.24. The summed E-state index contributed by atoms with van der Waals surface area (Å²) in [4.78, 5) is 23.7. The molecule has 2 rings (SSSR count). The molecule has 0 fully saturated rings. The van der Waals surface area contributed by atoms with Gasteiger partial charge in [0.1, 0.15) is 5.54 Å². The molecule has 23 heavy (non-hydrogen) atoms. The number of carbonyl (C=O) groups excluding carboxylic acids is 1. The molecule has 0 bridgehead atoms. The number of carbonyl (C=O) groups is 2. The first-order chi connectivity index (χ1) is 10.9. The maximum atomic E-state index is 12.3. The molecule has 0 spiro atoms. The molecule has 0 heterocycles. The topological polar surface area (TPSA) is 66.4 Å². The Bertz CT molecular complexity index is 725. The van der Waals surface area contributed by atoms with Crippen LogP contribution in [0.25, 0.3) is 11.1 Å². The van der Waals surface area contributed by atoms with Crippen molar-refractivity contribution in [1.82, 2.24) is 5.32 Å². The van der Waals surface area contributed by atoms with Crippen molar-refractivity contribution < 1.29 is 14.7 Å². The van der Waals surface area contributed by atoms with Crippen LogP contribution < -0.4 is 5.32 Å². The highest BCUT2D eigenvalue weighted by Gasteiger charge is 2.33. The number of benzene rings is 2. The Balaban J connectivity index is 2.27. The molecule has 1 amide bonds. The molecule has 2 aromatic carbocycles. The van der Waals surface area contributed by atoms with Crippen molar-refractivity contribution in [3.63, 3.8) is 0 Å². The molecule has 0 aromatic heterocycles. The second kappa shape index (κ2) is 6.65. The number of hydrogen-bond donors (Lipinski definition) is 2. The molecule has 0 saturated heterocycles. The third-order valence-electron chi connectivity index (χ3n) is 4.14. The number of carboxylic acid groups (broad SMARTS) is 1. The zero-order valence-corrected chi connectivity index (χ0v) is 13.6. The second-order valence-corrected chi connectivity index (χ2v) is 5.84. The van der Waals surface area contributed by atoms with E-state index in [1.54, 1.807) is 19.1 Å². The minimum absolute atomic E-state index is 0.315. The average Bonchev–Trinajstić information content (AvgIpc) is 2.55. The first-order valence-corrected chi connectivity index (χ1v) is 7.59. The minimum atomic E-state index is -1.26. The highest BCUT2D eigenvalue weighted by Crippen LogP contribution is 2.24. The molecule has 4 nitrogen and oxygen atoms in total. The average molecular weight is 311 g/mol. The third-order valence-corrected chi connectivity index (χ3v) is 4.14. The Morgan fingerprint density at radius 2 is 1.78 bits per heavy atom. The van der Waals surface area contributed by atoms with Gasteiger partial charge in [-0.3, -0.25) is 4.79 Å². The Labute approximate surface area is 136 Å². The SMILES string of the molecule is CCC(C)(NC(=O)c1ccc(-c2ccccc2)c(C)c1)C(=O)O. The van der Waals surface area contributed by atoms with Crippen LogP contribution in [0.4, 0.5) is 0 Å². The first kappa shape index (κ1) is 16.7. The summed E-state index contributed by atoms with van der Waals surface area (Å²) in [5.41, 5.74) is 2.31. The summed E-state index contributed by atoms with van der Waals surface area (Å²) in [6, 6.07) is 15.3. The van der Waals surface area contributed by atoms with Gasteiger partial charge in [0, 0.05) is 5.56 Å². The predicted octanol–water partition coefficient (Wildman–Crippen LogP) is 3.65. The van der Waals surface area contributed by atoms with Crippen LogP contribution in [-0.2, 0) is 4.79 Å². The molecule has 0 aliphatic rings. The van der Waals surface area contributed by atoms with Crippen molar-refractivity contribution in [3.05, 3.63) is 59.7 Å². The maximum absolute atomic E-state index is 12.3. The Morgan fingerprint density at radius 3 is 2.30 bits per heavy atom. The van der Waals surface area contributed by atoms with E-state index < -0.39 is 11.5 Å². The van der Waals surface area contributed by atoms with Gasteiger partial charge in [-0.1, -0.05) is 43.3 Å². The van der Waals surface area contributed by atoms with Gasteiger partial charge in [0.2, 0.25) is 0 Å². The zero-order valence-electron chi connectivity index (χ0n) is 13.6. The van der Waals surface area contributed by atoms with Crippen molar-refractivity contribution in [3.8, 4) is 11.1 Å². The van der Waals surface area contributed by atoms with Gasteiger partial charge in [-0.2, -0.15) is 0 Å². The molecule has 0 aliphatic heterocycles. The Hall–Kier alpha value is -2.62. The lowest BCUT2D eigenvalue weighted by atomic mass is 9.96.